The smallest absolute Gasteiger partial charge is 0.223 e. The molecule has 0 saturated carbocycles. The van der Waals surface area contributed by atoms with Crippen molar-refractivity contribution >= 4 is 16.8 Å². The monoisotopic (exact) mass is 431 g/mol. The van der Waals surface area contributed by atoms with Gasteiger partial charge in [-0.05, 0) is 75.0 Å². The number of aryl methyl sites for hydroxylation is 2. The summed E-state index contributed by atoms with van der Waals surface area (Å²) in [6, 6.07) is 9.77. The molecular weight excluding hydrogens is 394 g/mol. The summed E-state index contributed by atoms with van der Waals surface area (Å²) in [7, 11) is 2.12. The summed E-state index contributed by atoms with van der Waals surface area (Å²) in [5.41, 5.74) is 4.26. The third-order valence-electron chi connectivity index (χ3n) is 8.79. The van der Waals surface area contributed by atoms with Crippen LogP contribution >= 0.6 is 0 Å². The minimum absolute atomic E-state index is 0.382. The molecule has 1 aromatic carbocycles. The number of piperidine rings is 3. The van der Waals surface area contributed by atoms with Gasteiger partial charge in [-0.2, -0.15) is 0 Å². The molecule has 1 amide bonds. The van der Waals surface area contributed by atoms with Gasteiger partial charge in [0.25, 0.3) is 0 Å². The number of rotatable bonds is 4. The molecule has 0 radical (unpaired) electrons. The quantitative estimate of drug-likeness (QED) is 0.643. The lowest BCUT2D eigenvalue weighted by atomic mass is 9.68. The van der Waals surface area contributed by atoms with E-state index in [1.54, 1.807) is 5.57 Å². The molecule has 32 heavy (non-hydrogen) atoms. The van der Waals surface area contributed by atoms with Crippen molar-refractivity contribution in [2.45, 2.75) is 69.9 Å². The molecular formula is C28H37N3O. The molecule has 0 spiro atoms. The first-order chi connectivity index (χ1) is 15.7. The number of para-hydroxylation sites is 1. The van der Waals surface area contributed by atoms with Crippen molar-refractivity contribution in [3.05, 3.63) is 47.7 Å². The van der Waals surface area contributed by atoms with Gasteiger partial charge < -0.3 is 9.47 Å². The molecule has 0 N–H and O–H groups in total. The van der Waals surface area contributed by atoms with Crippen molar-refractivity contribution in [3.8, 4) is 0 Å². The molecule has 170 valence electrons. The normalized spacial score (nSPS) is 30.0. The maximum absolute atomic E-state index is 13.4. The molecule has 1 aromatic heterocycles. The first-order valence-corrected chi connectivity index (χ1v) is 13.0. The van der Waals surface area contributed by atoms with Crippen LogP contribution in [-0.4, -0.2) is 52.0 Å². The molecule has 2 bridgehead atoms. The molecule has 3 saturated heterocycles. The number of carbonyl (C=O) groups excluding carboxylic acids is 1. The van der Waals surface area contributed by atoms with Gasteiger partial charge in [0.05, 0.1) is 6.04 Å². The summed E-state index contributed by atoms with van der Waals surface area (Å²) >= 11 is 0. The van der Waals surface area contributed by atoms with Gasteiger partial charge in [0, 0.05) is 49.7 Å². The Labute approximate surface area is 192 Å². The Kier molecular flexibility index (Phi) is 5.37. The minimum Gasteiger partial charge on any atom is -0.350 e. The number of likely N-dealkylation sites (tertiary alicyclic amines) is 1. The van der Waals surface area contributed by atoms with E-state index in [2.05, 4.69) is 58.0 Å². The maximum Gasteiger partial charge on any atom is 0.223 e. The van der Waals surface area contributed by atoms with Crippen molar-refractivity contribution in [1.82, 2.24) is 14.4 Å². The van der Waals surface area contributed by atoms with Gasteiger partial charge in [-0.3, -0.25) is 9.69 Å². The van der Waals surface area contributed by atoms with Crippen molar-refractivity contribution in [2.24, 2.45) is 18.9 Å². The third-order valence-corrected chi connectivity index (χ3v) is 8.79. The van der Waals surface area contributed by atoms with Crippen LogP contribution in [0.5, 0.6) is 0 Å². The van der Waals surface area contributed by atoms with Crippen LogP contribution in [0.4, 0.5) is 0 Å². The van der Waals surface area contributed by atoms with Gasteiger partial charge in [0.15, 0.2) is 0 Å². The number of aromatic nitrogens is 1. The van der Waals surface area contributed by atoms with Gasteiger partial charge in [-0.15, -0.1) is 0 Å². The van der Waals surface area contributed by atoms with Crippen LogP contribution in [0.1, 0.15) is 56.9 Å². The number of hydrogen-bond acceptors (Lipinski definition) is 2. The van der Waals surface area contributed by atoms with Crippen LogP contribution in [0.15, 0.2) is 42.1 Å². The number of hydrogen-bond donors (Lipinski definition) is 0. The van der Waals surface area contributed by atoms with Crippen molar-refractivity contribution in [2.75, 3.05) is 19.6 Å². The van der Waals surface area contributed by atoms with Gasteiger partial charge >= 0.3 is 0 Å². The number of carbonyl (C=O) groups is 1. The predicted octanol–water partition coefficient (Wildman–Crippen LogP) is 4.92. The molecule has 4 atom stereocenters. The molecule has 2 aromatic rings. The Balaban J connectivity index is 1.14. The summed E-state index contributed by atoms with van der Waals surface area (Å²) < 4.78 is 2.21. The van der Waals surface area contributed by atoms with E-state index in [0.29, 0.717) is 24.3 Å². The second-order valence-electron chi connectivity index (χ2n) is 10.7. The summed E-state index contributed by atoms with van der Waals surface area (Å²) in [5.74, 6) is 1.78. The lowest BCUT2D eigenvalue weighted by Crippen LogP contribution is -2.60. The van der Waals surface area contributed by atoms with E-state index in [1.165, 1.54) is 61.7 Å². The van der Waals surface area contributed by atoms with E-state index < -0.39 is 0 Å². The van der Waals surface area contributed by atoms with Crippen LogP contribution in [0.2, 0.25) is 0 Å². The highest BCUT2D eigenvalue weighted by Crippen LogP contribution is 2.45. The van der Waals surface area contributed by atoms with E-state index in [4.69, 9.17) is 0 Å². The maximum atomic E-state index is 13.4. The molecule has 3 fully saturated rings. The Morgan fingerprint density at radius 2 is 2.03 bits per heavy atom. The number of fused-ring (bicyclic) bond motifs is 7. The Morgan fingerprint density at radius 3 is 2.97 bits per heavy atom. The molecule has 4 heterocycles. The fourth-order valence-corrected chi connectivity index (χ4v) is 7.45. The Morgan fingerprint density at radius 1 is 1.12 bits per heavy atom. The van der Waals surface area contributed by atoms with Crippen molar-refractivity contribution in [3.63, 3.8) is 0 Å². The van der Waals surface area contributed by atoms with Crippen LogP contribution in [0.25, 0.3) is 10.9 Å². The lowest BCUT2D eigenvalue weighted by Gasteiger charge is -2.54. The highest BCUT2D eigenvalue weighted by molar-refractivity contribution is 5.84. The highest BCUT2D eigenvalue weighted by Gasteiger charge is 2.46. The standard InChI is InChI=1S/C28H37N3O/c1-29-18-21(24-10-2-3-12-26(24)29)8-6-13-27(32)31-15-7-9-20-16-22-17-23(28(20)31)19-30-14-5-4-11-25(22)30/h2-3,10,12,16,18,22-23,25,28H,4-9,11,13-15,17,19H2,1H3/t22-,23-,25?,28?/m0/s1. The fourth-order valence-electron chi connectivity index (χ4n) is 7.45. The molecule has 4 nitrogen and oxygen atoms in total. The second kappa shape index (κ2) is 8.37. The van der Waals surface area contributed by atoms with Gasteiger partial charge in [-0.25, -0.2) is 0 Å². The average Bonchev–Trinajstić information content (AvgIpc) is 3.14. The van der Waals surface area contributed by atoms with Crippen LogP contribution in [-0.2, 0) is 18.3 Å². The molecule has 3 aliphatic heterocycles. The third kappa shape index (κ3) is 3.51. The van der Waals surface area contributed by atoms with Crippen molar-refractivity contribution in [1.29, 1.82) is 0 Å². The zero-order valence-electron chi connectivity index (χ0n) is 19.5. The van der Waals surface area contributed by atoms with E-state index in [9.17, 15) is 4.79 Å². The SMILES string of the molecule is Cn1cc(CCCC(=O)N2CCCC3=C[C@H]4C[C@@H](CN5CCCCC45)C32)c2ccccc21. The van der Waals surface area contributed by atoms with Crippen LogP contribution in [0.3, 0.4) is 0 Å². The Hall–Kier alpha value is -2.07. The molecule has 4 heteroatoms. The number of amides is 1. The number of nitrogens with zero attached hydrogens (tertiary/aromatic N) is 3. The van der Waals surface area contributed by atoms with E-state index >= 15 is 0 Å². The van der Waals surface area contributed by atoms with Crippen LogP contribution < -0.4 is 0 Å². The topological polar surface area (TPSA) is 28.5 Å². The first kappa shape index (κ1) is 20.5. The molecule has 6 rings (SSSR count). The fraction of sp³-hybridized carbons (Fsp3) is 0.607. The molecule has 4 aliphatic rings. The summed E-state index contributed by atoms with van der Waals surface area (Å²) in [5, 5.41) is 1.34. The predicted molar refractivity (Wildman–Crippen MR) is 129 cm³/mol. The lowest BCUT2D eigenvalue weighted by molar-refractivity contribution is -0.136. The average molecular weight is 432 g/mol. The number of benzene rings is 1. The summed E-state index contributed by atoms with van der Waals surface area (Å²) in [4.78, 5) is 18.5. The summed E-state index contributed by atoms with van der Waals surface area (Å²) in [6.45, 7) is 3.44. The highest BCUT2D eigenvalue weighted by atomic mass is 16.2. The second-order valence-corrected chi connectivity index (χ2v) is 10.7. The van der Waals surface area contributed by atoms with E-state index in [1.807, 2.05) is 0 Å². The summed E-state index contributed by atoms with van der Waals surface area (Å²) in [6.07, 6.45) is 15.3. The van der Waals surface area contributed by atoms with Crippen molar-refractivity contribution < 1.29 is 4.79 Å². The largest absolute Gasteiger partial charge is 0.350 e. The zero-order valence-corrected chi connectivity index (χ0v) is 19.5. The minimum atomic E-state index is 0.382. The van der Waals surface area contributed by atoms with Crippen LogP contribution in [0, 0.1) is 11.8 Å². The molecule has 2 unspecified atom stereocenters. The first-order valence-electron chi connectivity index (χ1n) is 13.0. The van der Waals surface area contributed by atoms with Gasteiger partial charge in [0.1, 0.15) is 0 Å². The zero-order chi connectivity index (χ0) is 21.7. The Bertz CT molecular complexity index is 1040. The van der Waals surface area contributed by atoms with Gasteiger partial charge in [0.2, 0.25) is 5.91 Å². The van der Waals surface area contributed by atoms with E-state index in [-0.39, 0.29) is 0 Å². The molecule has 1 aliphatic carbocycles. The van der Waals surface area contributed by atoms with E-state index in [0.717, 1.165) is 37.8 Å². The van der Waals surface area contributed by atoms with Gasteiger partial charge in [-0.1, -0.05) is 36.3 Å².